The number of rotatable bonds is 33. The van der Waals surface area contributed by atoms with Gasteiger partial charge in [0.1, 0.15) is 19.1 Å². The van der Waals surface area contributed by atoms with Crippen molar-refractivity contribution >= 4 is 18.2 Å². The molecule has 0 aliphatic rings. The van der Waals surface area contributed by atoms with Crippen LogP contribution in [0.15, 0.2) is 0 Å². The highest BCUT2D eigenvalue weighted by Crippen LogP contribution is 2.04. The summed E-state index contributed by atoms with van der Waals surface area (Å²) in [5, 5.41) is 17.0. The zero-order chi connectivity index (χ0) is 31.1. The highest BCUT2D eigenvalue weighted by Gasteiger charge is 2.22. The molecular weight excluding hydrogens is 536 g/mol. The van der Waals surface area contributed by atoms with Gasteiger partial charge in [-0.2, -0.15) is 0 Å². The number of hydrazine groups is 1. The van der Waals surface area contributed by atoms with Gasteiger partial charge in [-0.15, -0.1) is 0 Å². The Hall–Kier alpha value is -1.67. The minimum atomic E-state index is -0.774. The van der Waals surface area contributed by atoms with Crippen molar-refractivity contribution in [3.63, 3.8) is 0 Å². The van der Waals surface area contributed by atoms with Crippen LogP contribution in [-0.2, 0) is 19.1 Å². The number of hydrogen-bond acceptors (Lipinski definition) is 11. The molecule has 0 radical (unpaired) electrons. The fourth-order valence-electron chi connectivity index (χ4n) is 4.25. The van der Waals surface area contributed by atoms with Crippen LogP contribution in [0.3, 0.4) is 0 Å². The summed E-state index contributed by atoms with van der Waals surface area (Å²) in [6.45, 7) is 15.6. The van der Waals surface area contributed by atoms with E-state index in [2.05, 4.69) is 44.4 Å². The Morgan fingerprint density at radius 2 is 1.17 bits per heavy atom. The molecular formula is C30H64N8O4. The van der Waals surface area contributed by atoms with Crippen molar-refractivity contribution in [3.05, 3.63) is 0 Å². The van der Waals surface area contributed by atoms with Gasteiger partial charge in [-0.3, -0.25) is 14.9 Å². The molecule has 0 aliphatic heterocycles. The first kappa shape index (κ1) is 40.3. The molecule has 0 heterocycles. The van der Waals surface area contributed by atoms with Crippen molar-refractivity contribution in [1.29, 1.82) is 0 Å². The molecule has 42 heavy (non-hydrogen) atoms. The van der Waals surface area contributed by atoms with Crippen molar-refractivity contribution in [2.24, 2.45) is 11.7 Å². The molecule has 0 aliphatic carbocycles. The molecule has 0 aromatic heterocycles. The van der Waals surface area contributed by atoms with Crippen molar-refractivity contribution in [2.75, 3.05) is 65.6 Å². The maximum absolute atomic E-state index is 12.5. The number of nitrogens with one attached hydrogen (secondary N) is 7. The van der Waals surface area contributed by atoms with Gasteiger partial charge in [-0.05, 0) is 129 Å². The van der Waals surface area contributed by atoms with Crippen molar-refractivity contribution in [1.82, 2.24) is 37.4 Å². The van der Waals surface area contributed by atoms with E-state index in [1.807, 2.05) is 13.8 Å². The smallest absolute Gasteiger partial charge is 0.325 e. The van der Waals surface area contributed by atoms with Gasteiger partial charge in [0.05, 0.1) is 6.04 Å². The third-order valence-corrected chi connectivity index (χ3v) is 6.69. The Balaban J connectivity index is 3.62. The Morgan fingerprint density at radius 3 is 1.57 bits per heavy atom. The molecule has 1 amide bonds. The number of hydrogen-bond donors (Lipinski definition) is 8. The van der Waals surface area contributed by atoms with E-state index >= 15 is 0 Å². The number of primary amides is 1. The number of unbranched alkanes of at least 4 members (excludes halogenated alkanes) is 4. The highest BCUT2D eigenvalue weighted by atomic mass is 16.5. The van der Waals surface area contributed by atoms with Crippen molar-refractivity contribution in [3.8, 4) is 0 Å². The third kappa shape index (κ3) is 28.4. The summed E-state index contributed by atoms with van der Waals surface area (Å²) in [4.78, 5) is 34.9. The van der Waals surface area contributed by atoms with Crippen LogP contribution in [0.1, 0.15) is 91.4 Å². The first-order valence-electron chi connectivity index (χ1n) is 16.4. The molecule has 0 rings (SSSR count). The first-order valence-corrected chi connectivity index (χ1v) is 16.4. The van der Waals surface area contributed by atoms with Crippen LogP contribution in [-0.4, -0.2) is 95.9 Å². The molecule has 248 valence electrons. The number of carbonyl (C=O) groups is 3. The van der Waals surface area contributed by atoms with E-state index in [1.54, 1.807) is 0 Å². The molecule has 0 fully saturated rings. The van der Waals surface area contributed by atoms with Gasteiger partial charge in [0.2, 0.25) is 5.91 Å². The zero-order valence-corrected chi connectivity index (χ0v) is 26.9. The number of ether oxygens (including phenoxy) is 1. The van der Waals surface area contributed by atoms with Gasteiger partial charge < -0.3 is 36.5 Å². The van der Waals surface area contributed by atoms with Gasteiger partial charge in [-0.1, -0.05) is 20.8 Å². The number of carbonyl (C=O) groups excluding carboxylic acids is 3. The van der Waals surface area contributed by atoms with Gasteiger partial charge >= 0.3 is 5.97 Å². The van der Waals surface area contributed by atoms with E-state index in [0.29, 0.717) is 12.3 Å². The van der Waals surface area contributed by atoms with E-state index in [0.717, 1.165) is 78.0 Å². The predicted molar refractivity (Wildman–Crippen MR) is 171 cm³/mol. The Morgan fingerprint density at radius 1 is 0.714 bits per heavy atom. The molecule has 0 saturated heterocycles. The molecule has 12 heteroatoms. The Labute approximate surface area is 255 Å². The molecule has 12 nitrogen and oxygen atoms in total. The monoisotopic (exact) mass is 601 g/mol. The first-order chi connectivity index (χ1) is 20.4. The fraction of sp³-hybridized carbons (Fsp3) is 0.900. The number of nitrogens with two attached hydrogens (primary N) is 1. The number of esters is 1. The summed E-state index contributed by atoms with van der Waals surface area (Å²) >= 11 is 0. The molecule has 0 saturated carbocycles. The van der Waals surface area contributed by atoms with Crippen molar-refractivity contribution in [2.45, 2.75) is 103 Å². The maximum Gasteiger partial charge on any atom is 0.325 e. The van der Waals surface area contributed by atoms with Crippen LogP contribution >= 0.6 is 0 Å². The lowest BCUT2D eigenvalue weighted by Gasteiger charge is -2.21. The standard InChI is InChI=1S/C30H64N8O4/c1-4-32-15-5-6-16-33-17-7-8-18-34-19-9-10-20-35-21-11-12-22-36-25-42-30(41)28(13-14-29(31)40)38-37-27(24-39)23-26(2)3/h24,26-28,32-38H,4-23,25H2,1-3H3,(H2,31,40)/t27-,28-/m0/s1. The van der Waals surface area contributed by atoms with E-state index in [9.17, 15) is 14.4 Å². The second kappa shape index (κ2) is 30.8. The lowest BCUT2D eigenvalue weighted by molar-refractivity contribution is -0.147. The molecule has 0 aromatic carbocycles. The van der Waals surface area contributed by atoms with Crippen LogP contribution in [0.5, 0.6) is 0 Å². The van der Waals surface area contributed by atoms with E-state index in [-0.39, 0.29) is 19.6 Å². The molecule has 0 aromatic rings. The van der Waals surface area contributed by atoms with Crippen LogP contribution in [0.25, 0.3) is 0 Å². The lowest BCUT2D eigenvalue weighted by Crippen LogP contribution is -2.51. The van der Waals surface area contributed by atoms with E-state index in [4.69, 9.17) is 10.5 Å². The fourth-order valence-corrected chi connectivity index (χ4v) is 4.25. The molecule has 9 N–H and O–H groups in total. The third-order valence-electron chi connectivity index (χ3n) is 6.69. The molecule has 0 unspecified atom stereocenters. The predicted octanol–water partition coefficient (Wildman–Crippen LogP) is 0.918. The van der Waals surface area contributed by atoms with Gasteiger partial charge in [-0.25, -0.2) is 10.9 Å². The van der Waals surface area contributed by atoms with E-state index < -0.39 is 24.0 Å². The SMILES string of the molecule is CCNCCCCNCCCCNCCCCNCCCCNCOC(=O)[C@H](CCC(N)=O)NN[C@H](C=O)CC(C)C. The van der Waals surface area contributed by atoms with Gasteiger partial charge in [0.15, 0.2) is 0 Å². The lowest BCUT2D eigenvalue weighted by atomic mass is 10.1. The topological polar surface area (TPSA) is 171 Å². The summed E-state index contributed by atoms with van der Waals surface area (Å²) in [6, 6.07) is -1.21. The number of aldehydes is 1. The zero-order valence-electron chi connectivity index (χ0n) is 26.9. The maximum atomic E-state index is 12.5. The summed E-state index contributed by atoms with van der Waals surface area (Å²) in [6.07, 6.45) is 11.0. The molecule has 2 atom stereocenters. The highest BCUT2D eigenvalue weighted by molar-refractivity contribution is 5.78. The van der Waals surface area contributed by atoms with Crippen LogP contribution in [0.2, 0.25) is 0 Å². The average Bonchev–Trinajstić information content (AvgIpc) is 2.96. The van der Waals surface area contributed by atoms with Crippen LogP contribution in [0, 0.1) is 5.92 Å². The number of amides is 1. The molecule has 0 spiro atoms. The Bertz CT molecular complexity index is 642. The van der Waals surface area contributed by atoms with Crippen molar-refractivity contribution < 1.29 is 19.1 Å². The van der Waals surface area contributed by atoms with Crippen LogP contribution in [0.4, 0.5) is 0 Å². The summed E-state index contributed by atoms with van der Waals surface area (Å²) in [7, 11) is 0. The van der Waals surface area contributed by atoms with Gasteiger partial charge in [0.25, 0.3) is 0 Å². The van der Waals surface area contributed by atoms with Crippen LogP contribution < -0.4 is 43.2 Å². The minimum Gasteiger partial charge on any atom is -0.449 e. The second-order valence-corrected chi connectivity index (χ2v) is 11.3. The van der Waals surface area contributed by atoms with Gasteiger partial charge in [0, 0.05) is 6.42 Å². The molecule has 0 bridgehead atoms. The largest absolute Gasteiger partial charge is 0.449 e. The summed E-state index contributed by atoms with van der Waals surface area (Å²) in [5.41, 5.74) is 10.9. The summed E-state index contributed by atoms with van der Waals surface area (Å²) in [5.74, 6) is -0.684. The minimum absolute atomic E-state index is 0.0389. The Kier molecular flexibility index (Phi) is 29.6. The van der Waals surface area contributed by atoms with E-state index in [1.165, 1.54) is 38.5 Å². The quantitative estimate of drug-likeness (QED) is 0.0177. The normalized spacial score (nSPS) is 12.9. The average molecular weight is 601 g/mol. The summed E-state index contributed by atoms with van der Waals surface area (Å²) < 4.78 is 5.31. The second-order valence-electron chi connectivity index (χ2n) is 11.3.